The average Bonchev–Trinajstić information content (AvgIpc) is 3.38. The highest BCUT2D eigenvalue weighted by Gasteiger charge is 2.35. The Hall–Kier alpha value is -3.01. The number of piperidine rings is 1. The van der Waals surface area contributed by atoms with Crippen molar-refractivity contribution in [3.8, 4) is 11.1 Å². The van der Waals surface area contributed by atoms with Gasteiger partial charge in [-0.3, -0.25) is 4.79 Å². The first-order valence-corrected chi connectivity index (χ1v) is 10.7. The number of sulfone groups is 1. The maximum Gasteiger partial charge on any atom is 0.270 e. The Morgan fingerprint density at radius 3 is 2.48 bits per heavy atom. The molecule has 0 unspecified atom stereocenters. The van der Waals surface area contributed by atoms with Crippen molar-refractivity contribution >= 4 is 15.7 Å². The van der Waals surface area contributed by atoms with E-state index in [0.29, 0.717) is 31.6 Å². The molecule has 3 heterocycles. The molecule has 0 spiro atoms. The Morgan fingerprint density at radius 2 is 1.86 bits per heavy atom. The first kappa shape index (κ1) is 19.3. The van der Waals surface area contributed by atoms with Crippen LogP contribution in [0.3, 0.4) is 0 Å². The zero-order valence-electron chi connectivity index (χ0n) is 15.7. The van der Waals surface area contributed by atoms with Gasteiger partial charge < -0.3 is 14.5 Å². The van der Waals surface area contributed by atoms with Crippen LogP contribution in [0.25, 0.3) is 11.1 Å². The summed E-state index contributed by atoms with van der Waals surface area (Å²) in [5.74, 6) is -0.507. The number of hydrogen-bond acceptors (Lipinski definition) is 5. The molecule has 2 aromatic heterocycles. The largest absolute Gasteiger partial charge is 0.357 e. The van der Waals surface area contributed by atoms with Crippen LogP contribution in [0.5, 0.6) is 0 Å². The Balaban J connectivity index is 1.43. The highest BCUT2D eigenvalue weighted by molar-refractivity contribution is 7.91. The molecule has 1 fully saturated rings. The number of halogens is 1. The van der Waals surface area contributed by atoms with E-state index in [4.69, 9.17) is 0 Å². The number of H-pyrrole nitrogens is 1. The van der Waals surface area contributed by atoms with Crippen LogP contribution >= 0.6 is 0 Å². The number of nitrogens with one attached hydrogen (secondary N) is 1. The van der Waals surface area contributed by atoms with Crippen LogP contribution in [0.1, 0.15) is 23.3 Å². The fourth-order valence-electron chi connectivity index (χ4n) is 3.55. The summed E-state index contributed by atoms with van der Waals surface area (Å²) in [7, 11) is -1.99. The molecular weight excluding hydrogens is 397 g/mol. The molecule has 152 valence electrons. The van der Waals surface area contributed by atoms with Gasteiger partial charge in [0.15, 0.2) is 0 Å². The molecule has 1 aromatic carbocycles. The molecule has 10 heteroatoms. The summed E-state index contributed by atoms with van der Waals surface area (Å²) in [4.78, 5) is 17.4. The summed E-state index contributed by atoms with van der Waals surface area (Å²) >= 11 is 0. The second-order valence-electron chi connectivity index (χ2n) is 7.07. The number of aromatic amines is 1. The van der Waals surface area contributed by atoms with Crippen LogP contribution in [0, 0.1) is 5.82 Å². The van der Waals surface area contributed by atoms with E-state index in [1.807, 2.05) is 0 Å². The van der Waals surface area contributed by atoms with Crippen LogP contribution in [-0.4, -0.2) is 57.3 Å². The highest BCUT2D eigenvalue weighted by atomic mass is 32.2. The van der Waals surface area contributed by atoms with Crippen molar-refractivity contribution < 1.29 is 17.6 Å². The van der Waals surface area contributed by atoms with Gasteiger partial charge in [-0.2, -0.15) is 0 Å². The topological polar surface area (TPSA) is 101 Å². The third-order valence-electron chi connectivity index (χ3n) is 5.18. The summed E-state index contributed by atoms with van der Waals surface area (Å²) in [6.45, 7) is 0.678. The standard InChI is InChI=1S/C19H20FN5O3S/c1-24-12-22-23-19(24)29(27,28)16-6-8-25(9-7-16)18(26)17-10-14(11-21-17)13-2-4-15(20)5-3-13/h2-5,10-12,16,21H,6-9H2,1H3. The number of benzene rings is 1. The first-order valence-electron chi connectivity index (χ1n) is 9.18. The molecule has 1 N–H and O–H groups in total. The smallest absolute Gasteiger partial charge is 0.270 e. The van der Waals surface area contributed by atoms with Crippen molar-refractivity contribution in [3.63, 3.8) is 0 Å². The maximum atomic E-state index is 13.1. The van der Waals surface area contributed by atoms with E-state index in [-0.39, 0.29) is 16.9 Å². The van der Waals surface area contributed by atoms with Crippen molar-refractivity contribution in [2.75, 3.05) is 13.1 Å². The van der Waals surface area contributed by atoms with Gasteiger partial charge in [-0.25, -0.2) is 12.8 Å². The third-order valence-corrected chi connectivity index (χ3v) is 7.41. The molecule has 0 saturated carbocycles. The normalized spacial score (nSPS) is 15.6. The van der Waals surface area contributed by atoms with Crippen LogP contribution in [0.4, 0.5) is 4.39 Å². The Bertz CT molecular complexity index is 1130. The molecule has 1 saturated heterocycles. The number of carbonyl (C=O) groups is 1. The molecule has 0 radical (unpaired) electrons. The van der Waals surface area contributed by atoms with Crippen molar-refractivity contribution in [3.05, 3.63) is 54.4 Å². The number of carbonyl (C=O) groups excluding carboxylic acids is 1. The van der Waals surface area contributed by atoms with E-state index in [0.717, 1.165) is 11.1 Å². The van der Waals surface area contributed by atoms with Crippen LogP contribution < -0.4 is 0 Å². The molecular formula is C19H20FN5O3S. The molecule has 1 aliphatic heterocycles. The molecule has 1 amide bonds. The van der Waals surface area contributed by atoms with Gasteiger partial charge in [0.05, 0.1) is 5.25 Å². The van der Waals surface area contributed by atoms with Crippen molar-refractivity contribution in [2.24, 2.45) is 7.05 Å². The number of amides is 1. The van der Waals surface area contributed by atoms with Gasteiger partial charge in [-0.15, -0.1) is 10.2 Å². The lowest BCUT2D eigenvalue weighted by molar-refractivity contribution is 0.0720. The van der Waals surface area contributed by atoms with Gasteiger partial charge in [0, 0.05) is 26.3 Å². The minimum atomic E-state index is -3.59. The van der Waals surface area contributed by atoms with Gasteiger partial charge in [0.2, 0.25) is 15.0 Å². The molecule has 1 aliphatic rings. The minimum Gasteiger partial charge on any atom is -0.357 e. The van der Waals surface area contributed by atoms with Crippen molar-refractivity contribution in [2.45, 2.75) is 23.2 Å². The predicted octanol–water partition coefficient (Wildman–Crippen LogP) is 2.03. The lowest BCUT2D eigenvalue weighted by atomic mass is 10.1. The van der Waals surface area contributed by atoms with Crippen LogP contribution in [0.2, 0.25) is 0 Å². The molecule has 3 aromatic rings. The van der Waals surface area contributed by atoms with Gasteiger partial charge >= 0.3 is 0 Å². The second-order valence-corrected chi connectivity index (χ2v) is 9.19. The van der Waals surface area contributed by atoms with Crippen LogP contribution in [0.15, 0.2) is 48.0 Å². The van der Waals surface area contributed by atoms with E-state index in [1.165, 1.54) is 23.0 Å². The van der Waals surface area contributed by atoms with Crippen molar-refractivity contribution in [1.82, 2.24) is 24.6 Å². The summed E-state index contributed by atoms with van der Waals surface area (Å²) < 4.78 is 40.0. The van der Waals surface area contributed by atoms with Gasteiger partial charge in [-0.1, -0.05) is 12.1 Å². The quantitative estimate of drug-likeness (QED) is 0.700. The van der Waals surface area contributed by atoms with Gasteiger partial charge in [0.1, 0.15) is 17.8 Å². The third kappa shape index (κ3) is 3.67. The Labute approximate surface area is 167 Å². The van der Waals surface area contributed by atoms with Crippen LogP contribution in [-0.2, 0) is 16.9 Å². The number of aromatic nitrogens is 4. The Kier molecular flexibility index (Phi) is 4.95. The zero-order valence-corrected chi connectivity index (χ0v) is 16.6. The molecule has 8 nitrogen and oxygen atoms in total. The minimum absolute atomic E-state index is 0.0458. The average molecular weight is 417 g/mol. The van der Waals surface area contributed by atoms with Gasteiger partial charge in [-0.05, 0) is 42.2 Å². The van der Waals surface area contributed by atoms with E-state index >= 15 is 0 Å². The molecule has 29 heavy (non-hydrogen) atoms. The number of hydrogen-bond donors (Lipinski definition) is 1. The summed E-state index contributed by atoms with van der Waals surface area (Å²) in [6.07, 6.45) is 3.74. The van der Waals surface area contributed by atoms with E-state index in [9.17, 15) is 17.6 Å². The first-order chi connectivity index (χ1) is 13.9. The highest BCUT2D eigenvalue weighted by Crippen LogP contribution is 2.25. The molecule has 0 atom stereocenters. The predicted molar refractivity (Wildman–Crippen MR) is 103 cm³/mol. The molecule has 4 rings (SSSR count). The second kappa shape index (κ2) is 7.43. The number of nitrogens with zero attached hydrogens (tertiary/aromatic N) is 4. The lowest BCUT2D eigenvalue weighted by Gasteiger charge is -2.31. The van der Waals surface area contributed by atoms with E-state index in [1.54, 1.807) is 36.3 Å². The number of rotatable bonds is 4. The monoisotopic (exact) mass is 417 g/mol. The van der Waals surface area contributed by atoms with Gasteiger partial charge in [0.25, 0.3) is 5.91 Å². The SMILES string of the molecule is Cn1cnnc1S(=O)(=O)C1CCN(C(=O)c2cc(-c3ccc(F)cc3)c[nH]2)CC1. The summed E-state index contributed by atoms with van der Waals surface area (Å²) in [5.41, 5.74) is 2.00. The Morgan fingerprint density at radius 1 is 1.17 bits per heavy atom. The molecule has 0 bridgehead atoms. The summed E-state index contributed by atoms with van der Waals surface area (Å²) in [5, 5.41) is 6.72. The summed E-state index contributed by atoms with van der Waals surface area (Å²) in [6, 6.07) is 7.75. The maximum absolute atomic E-state index is 13.1. The van der Waals surface area contributed by atoms with E-state index < -0.39 is 15.1 Å². The fraction of sp³-hybridized carbons (Fsp3) is 0.316. The number of likely N-dealkylation sites (tertiary alicyclic amines) is 1. The molecule has 0 aliphatic carbocycles. The fourth-order valence-corrected chi connectivity index (χ4v) is 5.28. The van der Waals surface area contributed by atoms with E-state index in [2.05, 4.69) is 15.2 Å². The van der Waals surface area contributed by atoms with Crippen molar-refractivity contribution in [1.29, 1.82) is 0 Å². The number of aryl methyl sites for hydroxylation is 1. The lowest BCUT2D eigenvalue weighted by Crippen LogP contribution is -2.43. The zero-order chi connectivity index (χ0) is 20.6.